The number of halogens is 3. The highest BCUT2D eigenvalue weighted by atomic mass is 19.4. The van der Waals surface area contributed by atoms with Crippen LogP contribution in [-0.2, 0) is 17.4 Å². The molecule has 0 saturated carbocycles. The van der Waals surface area contributed by atoms with E-state index in [1.165, 1.54) is 12.1 Å². The molecule has 4 rings (SSSR count). The monoisotopic (exact) mass is 456 g/mol. The maximum atomic E-state index is 12.7. The van der Waals surface area contributed by atoms with Crippen molar-refractivity contribution in [3.8, 4) is 0 Å². The Labute approximate surface area is 189 Å². The van der Waals surface area contributed by atoms with Crippen molar-refractivity contribution in [1.29, 1.82) is 0 Å². The van der Waals surface area contributed by atoms with Gasteiger partial charge in [0.1, 0.15) is 5.82 Å². The van der Waals surface area contributed by atoms with E-state index in [1.807, 2.05) is 42.2 Å². The summed E-state index contributed by atoms with van der Waals surface area (Å²) >= 11 is 0. The third-order valence-corrected chi connectivity index (χ3v) is 5.39. The van der Waals surface area contributed by atoms with Gasteiger partial charge >= 0.3 is 6.18 Å². The van der Waals surface area contributed by atoms with E-state index in [1.54, 1.807) is 4.90 Å². The standard InChI is InChI=1S/C23H23F3N6O/c1-16-3-2-4-19(27-16)28-20-9-10-21(30-29-20)31-11-13-32(14-12-31)22(33)15-17-5-7-18(8-6-17)23(24,25)26/h2-10H,11-15H2,1H3,(H,27,28,29). The molecule has 1 N–H and O–H groups in total. The molecule has 10 heteroatoms. The molecular formula is C23H23F3N6O. The van der Waals surface area contributed by atoms with Gasteiger partial charge in [-0.1, -0.05) is 18.2 Å². The predicted octanol–water partition coefficient (Wildman–Crippen LogP) is 3.83. The van der Waals surface area contributed by atoms with Crippen molar-refractivity contribution < 1.29 is 18.0 Å². The summed E-state index contributed by atoms with van der Waals surface area (Å²) in [7, 11) is 0. The number of hydrogen-bond acceptors (Lipinski definition) is 6. The number of aryl methyl sites for hydroxylation is 1. The molecule has 1 saturated heterocycles. The summed E-state index contributed by atoms with van der Waals surface area (Å²) in [5.74, 6) is 1.89. The molecule has 0 unspecified atom stereocenters. The number of benzene rings is 1. The SMILES string of the molecule is Cc1cccc(Nc2ccc(N3CCN(C(=O)Cc4ccc(C(F)(F)F)cc4)CC3)nn2)n1. The van der Waals surface area contributed by atoms with E-state index in [2.05, 4.69) is 20.5 Å². The molecule has 172 valence electrons. The van der Waals surface area contributed by atoms with Gasteiger partial charge in [0.2, 0.25) is 5.91 Å². The molecule has 7 nitrogen and oxygen atoms in total. The zero-order valence-corrected chi connectivity index (χ0v) is 18.0. The second-order valence-corrected chi connectivity index (χ2v) is 7.81. The van der Waals surface area contributed by atoms with Crippen LogP contribution in [0.3, 0.4) is 0 Å². The maximum Gasteiger partial charge on any atom is 0.416 e. The molecule has 1 fully saturated rings. The molecule has 0 aliphatic carbocycles. The van der Waals surface area contributed by atoms with Gasteiger partial charge in [-0.05, 0) is 48.9 Å². The van der Waals surface area contributed by atoms with E-state index in [0.29, 0.717) is 49.2 Å². The first-order valence-electron chi connectivity index (χ1n) is 10.5. The lowest BCUT2D eigenvalue weighted by Gasteiger charge is -2.35. The van der Waals surface area contributed by atoms with Crippen LogP contribution >= 0.6 is 0 Å². The second kappa shape index (κ2) is 9.43. The molecule has 0 spiro atoms. The van der Waals surface area contributed by atoms with E-state index in [4.69, 9.17) is 0 Å². The fourth-order valence-electron chi connectivity index (χ4n) is 3.59. The van der Waals surface area contributed by atoms with Crippen LogP contribution in [0.1, 0.15) is 16.8 Å². The average molecular weight is 456 g/mol. The lowest BCUT2D eigenvalue weighted by atomic mass is 10.1. The van der Waals surface area contributed by atoms with Crippen LogP contribution in [-0.4, -0.2) is 52.2 Å². The summed E-state index contributed by atoms with van der Waals surface area (Å²) in [5, 5.41) is 11.6. The number of amides is 1. The van der Waals surface area contributed by atoms with Gasteiger partial charge in [-0.25, -0.2) is 4.98 Å². The molecule has 3 aromatic rings. The first-order valence-corrected chi connectivity index (χ1v) is 10.5. The quantitative estimate of drug-likeness (QED) is 0.629. The normalized spacial score (nSPS) is 14.3. The van der Waals surface area contributed by atoms with Gasteiger partial charge in [0.15, 0.2) is 11.6 Å². The number of rotatable bonds is 5. The lowest BCUT2D eigenvalue weighted by molar-refractivity contribution is -0.137. The molecule has 0 atom stereocenters. The summed E-state index contributed by atoms with van der Waals surface area (Å²) in [6.07, 6.45) is -4.31. The van der Waals surface area contributed by atoms with E-state index >= 15 is 0 Å². The van der Waals surface area contributed by atoms with Gasteiger partial charge in [0.05, 0.1) is 12.0 Å². The van der Waals surface area contributed by atoms with Crippen LogP contribution in [0, 0.1) is 6.92 Å². The Kier molecular flexibility index (Phi) is 6.43. The number of piperazine rings is 1. The number of alkyl halides is 3. The lowest BCUT2D eigenvalue weighted by Crippen LogP contribution is -2.49. The smallest absolute Gasteiger partial charge is 0.352 e. The van der Waals surface area contributed by atoms with Crippen molar-refractivity contribution in [2.45, 2.75) is 19.5 Å². The van der Waals surface area contributed by atoms with E-state index < -0.39 is 11.7 Å². The zero-order valence-electron chi connectivity index (χ0n) is 18.0. The maximum absolute atomic E-state index is 12.7. The summed E-state index contributed by atoms with van der Waals surface area (Å²) in [4.78, 5) is 20.7. The van der Waals surface area contributed by atoms with E-state index in [9.17, 15) is 18.0 Å². The van der Waals surface area contributed by atoms with Crippen molar-refractivity contribution in [2.75, 3.05) is 36.4 Å². The molecule has 1 aliphatic heterocycles. The third kappa shape index (κ3) is 5.76. The van der Waals surface area contributed by atoms with Gasteiger partial charge in [-0.2, -0.15) is 13.2 Å². The van der Waals surface area contributed by atoms with Gasteiger partial charge in [0.25, 0.3) is 0 Å². The summed E-state index contributed by atoms with van der Waals surface area (Å²) in [5.41, 5.74) is 0.743. The predicted molar refractivity (Wildman–Crippen MR) is 118 cm³/mol. The Balaban J connectivity index is 1.29. The van der Waals surface area contributed by atoms with Gasteiger partial charge < -0.3 is 15.1 Å². The van der Waals surface area contributed by atoms with Crippen LogP contribution in [0.25, 0.3) is 0 Å². The number of nitrogens with one attached hydrogen (secondary N) is 1. The first-order chi connectivity index (χ1) is 15.8. The largest absolute Gasteiger partial charge is 0.416 e. The number of carbonyl (C=O) groups excluding carboxylic acids is 1. The zero-order chi connectivity index (χ0) is 23.4. The summed E-state index contributed by atoms with van der Waals surface area (Å²) in [6, 6.07) is 14.1. The Morgan fingerprint density at radius 2 is 1.67 bits per heavy atom. The van der Waals surface area contributed by atoms with Gasteiger partial charge in [-0.15, -0.1) is 10.2 Å². The molecule has 33 heavy (non-hydrogen) atoms. The average Bonchev–Trinajstić information content (AvgIpc) is 2.79. The minimum atomic E-state index is -4.38. The molecule has 1 amide bonds. The Morgan fingerprint density at radius 3 is 2.27 bits per heavy atom. The molecule has 3 heterocycles. The van der Waals surface area contributed by atoms with E-state index in [-0.39, 0.29) is 12.3 Å². The van der Waals surface area contributed by atoms with Gasteiger partial charge in [-0.3, -0.25) is 4.79 Å². The Morgan fingerprint density at radius 1 is 0.939 bits per heavy atom. The molecule has 0 bridgehead atoms. The topological polar surface area (TPSA) is 74.2 Å². The van der Waals surface area contributed by atoms with Crippen molar-refractivity contribution in [1.82, 2.24) is 20.1 Å². The highest BCUT2D eigenvalue weighted by Crippen LogP contribution is 2.29. The van der Waals surface area contributed by atoms with Crippen molar-refractivity contribution in [2.24, 2.45) is 0 Å². The molecule has 1 aliphatic rings. The number of hydrogen-bond donors (Lipinski definition) is 1. The van der Waals surface area contributed by atoms with Crippen LogP contribution in [0.15, 0.2) is 54.6 Å². The highest BCUT2D eigenvalue weighted by molar-refractivity contribution is 5.79. The minimum absolute atomic E-state index is 0.0747. The highest BCUT2D eigenvalue weighted by Gasteiger charge is 2.30. The number of anilines is 3. The Bertz CT molecular complexity index is 1090. The molecular weight excluding hydrogens is 433 g/mol. The number of carbonyl (C=O) groups is 1. The van der Waals surface area contributed by atoms with Crippen molar-refractivity contribution >= 4 is 23.4 Å². The minimum Gasteiger partial charge on any atom is -0.352 e. The summed E-state index contributed by atoms with van der Waals surface area (Å²) < 4.78 is 38.1. The van der Waals surface area contributed by atoms with Crippen LogP contribution in [0.5, 0.6) is 0 Å². The molecule has 2 aromatic heterocycles. The van der Waals surface area contributed by atoms with Crippen molar-refractivity contribution in [3.05, 3.63) is 71.4 Å². The van der Waals surface area contributed by atoms with Crippen LogP contribution in [0.4, 0.5) is 30.6 Å². The fourth-order valence-corrected chi connectivity index (χ4v) is 3.59. The summed E-state index contributed by atoms with van der Waals surface area (Å²) in [6.45, 7) is 4.12. The van der Waals surface area contributed by atoms with E-state index in [0.717, 1.165) is 17.8 Å². The number of pyridine rings is 1. The van der Waals surface area contributed by atoms with Crippen LogP contribution < -0.4 is 10.2 Å². The third-order valence-electron chi connectivity index (χ3n) is 5.39. The molecule has 0 radical (unpaired) electrons. The van der Waals surface area contributed by atoms with Crippen LogP contribution in [0.2, 0.25) is 0 Å². The first kappa shape index (κ1) is 22.5. The van der Waals surface area contributed by atoms with Crippen molar-refractivity contribution in [3.63, 3.8) is 0 Å². The number of aromatic nitrogens is 3. The molecule has 1 aromatic carbocycles. The second-order valence-electron chi connectivity index (χ2n) is 7.81. The van der Waals surface area contributed by atoms with Gasteiger partial charge in [0, 0.05) is 31.9 Å². The number of nitrogens with zero attached hydrogens (tertiary/aromatic N) is 5. The fraction of sp³-hybridized carbons (Fsp3) is 0.304. The Hall–Kier alpha value is -3.69.